The third-order valence-corrected chi connectivity index (χ3v) is 4.13. The molecule has 0 radical (unpaired) electrons. The fourth-order valence-electron chi connectivity index (χ4n) is 2.49. The summed E-state index contributed by atoms with van der Waals surface area (Å²) < 4.78 is 2.01. The van der Waals surface area contributed by atoms with E-state index < -0.39 is 0 Å². The zero-order chi connectivity index (χ0) is 14.1. The van der Waals surface area contributed by atoms with Gasteiger partial charge in [0, 0.05) is 6.04 Å². The molecule has 0 spiro atoms. The molecule has 0 bridgehead atoms. The molecule has 20 heavy (non-hydrogen) atoms. The number of nitrogen functional groups attached to an aromatic ring is 1. The van der Waals surface area contributed by atoms with Gasteiger partial charge in [-0.15, -0.1) is 0 Å². The molecule has 0 amide bonds. The number of nitriles is 1. The molecule has 1 unspecified atom stereocenters. The van der Waals surface area contributed by atoms with Gasteiger partial charge in [0.2, 0.25) is 5.95 Å². The van der Waals surface area contributed by atoms with Crippen LogP contribution in [0, 0.1) is 11.3 Å². The number of benzene rings is 1. The third kappa shape index (κ3) is 2.15. The molecular formula is C15H14N4S. The second kappa shape index (κ2) is 4.99. The van der Waals surface area contributed by atoms with Gasteiger partial charge in [-0.05, 0) is 53.9 Å². The number of nitrogens with zero attached hydrogens (tertiary/aromatic N) is 3. The Morgan fingerprint density at radius 2 is 2.30 bits per heavy atom. The van der Waals surface area contributed by atoms with Crippen LogP contribution in [0.1, 0.15) is 24.1 Å². The number of thiophene rings is 1. The van der Waals surface area contributed by atoms with Crippen molar-refractivity contribution in [1.29, 1.82) is 5.26 Å². The van der Waals surface area contributed by atoms with Gasteiger partial charge in [-0.1, -0.05) is 0 Å². The van der Waals surface area contributed by atoms with Gasteiger partial charge >= 0.3 is 0 Å². The van der Waals surface area contributed by atoms with Crippen molar-refractivity contribution in [1.82, 2.24) is 9.55 Å². The van der Waals surface area contributed by atoms with E-state index in [1.807, 2.05) is 16.7 Å². The molecule has 0 fully saturated rings. The first-order chi connectivity index (χ1) is 9.69. The van der Waals surface area contributed by atoms with E-state index >= 15 is 0 Å². The number of nitrogens with two attached hydrogens (primary N) is 1. The number of fused-ring (bicyclic) bond motifs is 1. The Kier molecular flexibility index (Phi) is 3.17. The summed E-state index contributed by atoms with van der Waals surface area (Å²) in [6, 6.07) is 9.94. The first-order valence-electron chi connectivity index (χ1n) is 6.37. The molecule has 1 atom stereocenters. The zero-order valence-corrected chi connectivity index (χ0v) is 11.9. The Bertz CT molecular complexity index is 780. The van der Waals surface area contributed by atoms with E-state index in [9.17, 15) is 0 Å². The van der Waals surface area contributed by atoms with E-state index in [1.165, 1.54) is 5.56 Å². The largest absolute Gasteiger partial charge is 0.369 e. The molecule has 3 aromatic rings. The summed E-state index contributed by atoms with van der Waals surface area (Å²) in [5.41, 5.74) is 9.72. The fraction of sp³-hybridized carbons (Fsp3) is 0.200. The predicted octanol–water partition coefficient (Wildman–Crippen LogP) is 3.36. The molecule has 1 aromatic carbocycles. The Morgan fingerprint density at radius 3 is 3.00 bits per heavy atom. The van der Waals surface area contributed by atoms with E-state index in [4.69, 9.17) is 11.0 Å². The van der Waals surface area contributed by atoms with Crippen molar-refractivity contribution in [3.05, 3.63) is 46.2 Å². The summed E-state index contributed by atoms with van der Waals surface area (Å²) in [6.07, 6.45) is 0.899. The van der Waals surface area contributed by atoms with Crippen LogP contribution in [0.3, 0.4) is 0 Å². The summed E-state index contributed by atoms with van der Waals surface area (Å²) in [6.45, 7) is 2.12. The Balaban J connectivity index is 2.05. The highest BCUT2D eigenvalue weighted by molar-refractivity contribution is 7.07. The van der Waals surface area contributed by atoms with Gasteiger partial charge in [-0.3, -0.25) is 0 Å². The van der Waals surface area contributed by atoms with Crippen LogP contribution in [0.4, 0.5) is 5.95 Å². The molecule has 2 heterocycles. The number of imidazole rings is 1. The number of hydrogen-bond acceptors (Lipinski definition) is 4. The quantitative estimate of drug-likeness (QED) is 0.801. The van der Waals surface area contributed by atoms with Crippen molar-refractivity contribution < 1.29 is 0 Å². The normalized spacial score (nSPS) is 12.4. The van der Waals surface area contributed by atoms with Gasteiger partial charge in [0.05, 0.1) is 22.7 Å². The lowest BCUT2D eigenvalue weighted by Gasteiger charge is -2.15. The number of hydrogen-bond donors (Lipinski definition) is 1. The minimum atomic E-state index is 0.198. The maximum Gasteiger partial charge on any atom is 0.201 e. The molecular weight excluding hydrogens is 268 g/mol. The smallest absolute Gasteiger partial charge is 0.201 e. The summed E-state index contributed by atoms with van der Waals surface area (Å²) >= 11 is 1.69. The Morgan fingerprint density at radius 1 is 1.45 bits per heavy atom. The minimum Gasteiger partial charge on any atom is -0.369 e. The monoisotopic (exact) mass is 282 g/mol. The van der Waals surface area contributed by atoms with Crippen LogP contribution >= 0.6 is 11.3 Å². The summed E-state index contributed by atoms with van der Waals surface area (Å²) in [5, 5.41) is 13.3. The SMILES string of the molecule is CC(Cc1ccsc1)n1c(N)nc2ccc(C#N)cc21. The molecule has 2 N–H and O–H groups in total. The molecule has 3 rings (SSSR count). The van der Waals surface area contributed by atoms with Crippen molar-refractivity contribution in [2.24, 2.45) is 0 Å². The van der Waals surface area contributed by atoms with Crippen molar-refractivity contribution in [3.8, 4) is 6.07 Å². The molecule has 0 aliphatic heterocycles. The van der Waals surface area contributed by atoms with Gasteiger partial charge in [0.15, 0.2) is 0 Å². The van der Waals surface area contributed by atoms with Crippen LogP contribution < -0.4 is 5.73 Å². The Hall–Kier alpha value is -2.32. The zero-order valence-electron chi connectivity index (χ0n) is 11.1. The Labute approximate surface area is 121 Å². The molecule has 2 aromatic heterocycles. The van der Waals surface area contributed by atoms with Crippen molar-refractivity contribution >= 4 is 28.3 Å². The molecule has 0 saturated carbocycles. The van der Waals surface area contributed by atoms with Crippen LogP contribution in [-0.4, -0.2) is 9.55 Å². The molecule has 4 nitrogen and oxygen atoms in total. The van der Waals surface area contributed by atoms with Gasteiger partial charge in [-0.25, -0.2) is 4.98 Å². The van der Waals surface area contributed by atoms with Crippen molar-refractivity contribution in [2.75, 3.05) is 5.73 Å². The standard InChI is InChI=1S/C15H14N4S/c1-10(6-12-4-5-20-9-12)19-14-7-11(8-16)2-3-13(14)18-15(19)17/h2-5,7,9-10H,6H2,1H3,(H2,17,18). The second-order valence-electron chi connectivity index (χ2n) is 4.84. The van der Waals surface area contributed by atoms with Gasteiger partial charge in [-0.2, -0.15) is 16.6 Å². The topological polar surface area (TPSA) is 67.6 Å². The van der Waals surface area contributed by atoms with Crippen LogP contribution in [-0.2, 0) is 6.42 Å². The number of aromatic nitrogens is 2. The van der Waals surface area contributed by atoms with E-state index in [2.05, 4.69) is 34.8 Å². The van der Waals surface area contributed by atoms with Gasteiger partial charge in [0.1, 0.15) is 0 Å². The maximum absolute atomic E-state index is 9.03. The number of rotatable bonds is 3. The highest BCUT2D eigenvalue weighted by atomic mass is 32.1. The maximum atomic E-state index is 9.03. The van der Waals surface area contributed by atoms with Crippen LogP contribution in [0.15, 0.2) is 35.0 Å². The second-order valence-corrected chi connectivity index (χ2v) is 5.62. The molecule has 0 aliphatic rings. The third-order valence-electron chi connectivity index (χ3n) is 3.40. The highest BCUT2D eigenvalue weighted by Crippen LogP contribution is 2.26. The predicted molar refractivity (Wildman–Crippen MR) is 81.6 cm³/mol. The molecule has 100 valence electrons. The van der Waals surface area contributed by atoms with E-state index in [0.29, 0.717) is 11.5 Å². The summed E-state index contributed by atoms with van der Waals surface area (Å²) in [5.74, 6) is 0.498. The number of anilines is 1. The summed E-state index contributed by atoms with van der Waals surface area (Å²) in [7, 11) is 0. The summed E-state index contributed by atoms with van der Waals surface area (Å²) in [4.78, 5) is 4.37. The molecule has 0 saturated heterocycles. The first-order valence-corrected chi connectivity index (χ1v) is 7.32. The minimum absolute atomic E-state index is 0.198. The lowest BCUT2D eigenvalue weighted by Crippen LogP contribution is -2.11. The lowest BCUT2D eigenvalue weighted by atomic mass is 10.1. The van der Waals surface area contributed by atoms with Crippen LogP contribution in [0.2, 0.25) is 0 Å². The lowest BCUT2D eigenvalue weighted by molar-refractivity contribution is 0.567. The van der Waals surface area contributed by atoms with Crippen molar-refractivity contribution in [2.45, 2.75) is 19.4 Å². The van der Waals surface area contributed by atoms with Crippen LogP contribution in [0.25, 0.3) is 11.0 Å². The first kappa shape index (κ1) is 12.7. The van der Waals surface area contributed by atoms with Gasteiger partial charge in [0.25, 0.3) is 0 Å². The van der Waals surface area contributed by atoms with E-state index in [0.717, 1.165) is 17.5 Å². The molecule has 0 aliphatic carbocycles. The average molecular weight is 282 g/mol. The fourth-order valence-corrected chi connectivity index (χ4v) is 3.17. The average Bonchev–Trinajstić information content (AvgIpc) is 3.04. The molecule has 5 heteroatoms. The van der Waals surface area contributed by atoms with Crippen molar-refractivity contribution in [3.63, 3.8) is 0 Å². The highest BCUT2D eigenvalue weighted by Gasteiger charge is 2.15. The van der Waals surface area contributed by atoms with E-state index in [-0.39, 0.29) is 6.04 Å². The van der Waals surface area contributed by atoms with Crippen LogP contribution in [0.5, 0.6) is 0 Å². The van der Waals surface area contributed by atoms with Gasteiger partial charge < -0.3 is 10.3 Å². The van der Waals surface area contributed by atoms with E-state index in [1.54, 1.807) is 17.4 Å².